The first-order chi connectivity index (χ1) is 16.2. The summed E-state index contributed by atoms with van der Waals surface area (Å²) in [6.45, 7) is 5.47. The number of aromatic nitrogens is 4. The van der Waals surface area contributed by atoms with Gasteiger partial charge in [0.1, 0.15) is 11.9 Å². The van der Waals surface area contributed by atoms with Gasteiger partial charge in [-0.15, -0.1) is 0 Å². The predicted octanol–water partition coefficient (Wildman–Crippen LogP) is 4.78. The summed E-state index contributed by atoms with van der Waals surface area (Å²) in [6, 6.07) is 13.1. The van der Waals surface area contributed by atoms with Crippen LogP contribution in [0.15, 0.2) is 55.0 Å². The Morgan fingerprint density at radius 1 is 1.00 bits per heavy atom. The molecule has 1 N–H and O–H groups in total. The molecule has 9 nitrogen and oxygen atoms in total. The second-order valence-corrected chi connectivity index (χ2v) is 8.88. The number of esters is 1. The van der Waals surface area contributed by atoms with E-state index in [0.29, 0.717) is 21.9 Å². The fourth-order valence-corrected chi connectivity index (χ4v) is 3.99. The zero-order chi connectivity index (χ0) is 24.2. The number of aromatic hydroxyl groups is 1. The van der Waals surface area contributed by atoms with Gasteiger partial charge in [-0.3, -0.25) is 4.57 Å². The third kappa shape index (κ3) is 3.42. The van der Waals surface area contributed by atoms with Crippen LogP contribution in [0.3, 0.4) is 0 Å². The van der Waals surface area contributed by atoms with E-state index in [-0.39, 0.29) is 11.4 Å². The third-order valence-electron chi connectivity index (χ3n) is 5.49. The Hall–Kier alpha value is -4.40. The van der Waals surface area contributed by atoms with Gasteiger partial charge in [0.05, 0.1) is 12.6 Å². The molecule has 172 valence electrons. The molecule has 0 saturated heterocycles. The van der Waals surface area contributed by atoms with Gasteiger partial charge in [0.15, 0.2) is 17.1 Å². The minimum atomic E-state index is -0.715. The van der Waals surface area contributed by atoms with Gasteiger partial charge in [-0.1, -0.05) is 18.2 Å². The molecule has 0 bridgehead atoms. The molecule has 2 aromatic carbocycles. The van der Waals surface area contributed by atoms with E-state index in [0.717, 1.165) is 16.5 Å². The van der Waals surface area contributed by atoms with Crippen molar-refractivity contribution in [2.45, 2.75) is 26.4 Å². The molecular weight excluding hydrogens is 436 g/mol. The second-order valence-electron chi connectivity index (χ2n) is 8.88. The minimum absolute atomic E-state index is 0.0909. The highest BCUT2D eigenvalue weighted by atomic mass is 16.6. The first kappa shape index (κ1) is 21.4. The smallest absolute Gasteiger partial charge is 0.418 e. The van der Waals surface area contributed by atoms with E-state index < -0.39 is 17.7 Å². The number of carbonyl (C=O) groups is 2. The molecule has 0 fully saturated rings. The number of carbonyl (C=O) groups excluding carboxylic acids is 2. The Morgan fingerprint density at radius 2 is 1.74 bits per heavy atom. The van der Waals surface area contributed by atoms with Gasteiger partial charge in [-0.25, -0.2) is 19.1 Å². The minimum Gasteiger partial charge on any atom is -0.505 e. The molecule has 0 aliphatic heterocycles. The maximum Gasteiger partial charge on any atom is 0.418 e. The average molecular weight is 458 g/mol. The molecule has 0 atom stereocenters. The summed E-state index contributed by atoms with van der Waals surface area (Å²) in [5, 5.41) is 16.8. The molecule has 0 spiro atoms. The van der Waals surface area contributed by atoms with Crippen LogP contribution in [-0.4, -0.2) is 49.0 Å². The lowest BCUT2D eigenvalue weighted by atomic mass is 10.00. The zero-order valence-corrected chi connectivity index (χ0v) is 19.1. The lowest BCUT2D eigenvalue weighted by Crippen LogP contribution is -2.26. The number of pyridine rings is 1. The van der Waals surface area contributed by atoms with E-state index in [4.69, 9.17) is 9.47 Å². The lowest BCUT2D eigenvalue weighted by Gasteiger charge is -2.19. The maximum atomic E-state index is 12.7. The average Bonchev–Trinajstić information content (AvgIpc) is 3.44. The molecule has 3 heterocycles. The van der Waals surface area contributed by atoms with Gasteiger partial charge >= 0.3 is 12.1 Å². The Kier molecular flexibility index (Phi) is 4.78. The van der Waals surface area contributed by atoms with E-state index in [2.05, 4.69) is 10.1 Å². The van der Waals surface area contributed by atoms with Crippen molar-refractivity contribution in [2.75, 3.05) is 7.11 Å². The van der Waals surface area contributed by atoms with E-state index in [1.807, 2.05) is 57.2 Å². The summed E-state index contributed by atoms with van der Waals surface area (Å²) < 4.78 is 13.1. The molecule has 0 aliphatic rings. The van der Waals surface area contributed by atoms with Crippen LogP contribution in [0, 0.1) is 0 Å². The molecule has 0 saturated carbocycles. The number of fused-ring (bicyclic) bond motifs is 4. The number of nitrogens with zero attached hydrogens (tertiary/aromatic N) is 4. The van der Waals surface area contributed by atoms with Gasteiger partial charge in [0.2, 0.25) is 0 Å². The number of benzene rings is 2. The SMILES string of the molecule is COC(=O)c1c(O)c2ccc(-c3ccc4ccn(C(=O)OC(C)(C)C)c4c3)cc2c2ncnn12. The standard InChI is InChI=1S/C25H22N4O5/c1-25(2,3)34-24(32)28-10-9-14-5-6-16(12-19(14)28)15-7-8-17-18(11-15)22-26-13-27-29(22)20(21(17)30)23(31)33-4/h5-13,30H,1-4H3. The highest BCUT2D eigenvalue weighted by molar-refractivity contribution is 6.06. The van der Waals surface area contributed by atoms with E-state index >= 15 is 0 Å². The molecular formula is C25H22N4O5. The van der Waals surface area contributed by atoms with Gasteiger partial charge in [-0.2, -0.15) is 5.10 Å². The topological polar surface area (TPSA) is 108 Å². The Morgan fingerprint density at radius 3 is 2.47 bits per heavy atom. The van der Waals surface area contributed by atoms with Crippen molar-refractivity contribution in [2.24, 2.45) is 0 Å². The van der Waals surface area contributed by atoms with Crippen LogP contribution in [0.5, 0.6) is 5.75 Å². The number of hydrogen-bond acceptors (Lipinski definition) is 7. The Labute approximate surface area is 194 Å². The van der Waals surface area contributed by atoms with Crippen molar-refractivity contribution in [3.63, 3.8) is 0 Å². The van der Waals surface area contributed by atoms with Crippen LogP contribution in [-0.2, 0) is 9.47 Å². The molecule has 9 heteroatoms. The summed E-state index contributed by atoms with van der Waals surface area (Å²) in [5.74, 6) is -0.951. The summed E-state index contributed by atoms with van der Waals surface area (Å²) in [5.41, 5.74) is 2.11. The van der Waals surface area contributed by atoms with Crippen LogP contribution in [0.25, 0.3) is 38.4 Å². The summed E-state index contributed by atoms with van der Waals surface area (Å²) in [4.78, 5) is 29.2. The Bertz CT molecular complexity index is 1610. The van der Waals surface area contributed by atoms with Crippen molar-refractivity contribution in [3.05, 3.63) is 60.7 Å². The fourth-order valence-electron chi connectivity index (χ4n) is 3.99. The largest absolute Gasteiger partial charge is 0.505 e. The van der Waals surface area contributed by atoms with Crippen LogP contribution in [0.1, 0.15) is 31.3 Å². The first-order valence-corrected chi connectivity index (χ1v) is 10.6. The molecule has 0 aliphatic carbocycles. The van der Waals surface area contributed by atoms with Crippen molar-refractivity contribution in [1.29, 1.82) is 0 Å². The van der Waals surface area contributed by atoms with Crippen molar-refractivity contribution >= 4 is 39.4 Å². The molecule has 34 heavy (non-hydrogen) atoms. The van der Waals surface area contributed by atoms with E-state index in [9.17, 15) is 14.7 Å². The normalized spacial score (nSPS) is 11.9. The Balaban J connectivity index is 1.66. The van der Waals surface area contributed by atoms with Gasteiger partial charge < -0.3 is 14.6 Å². The van der Waals surface area contributed by atoms with E-state index in [1.54, 1.807) is 12.3 Å². The quantitative estimate of drug-likeness (QED) is 0.379. The van der Waals surface area contributed by atoms with Crippen molar-refractivity contribution in [3.8, 4) is 16.9 Å². The number of methoxy groups -OCH3 is 1. The van der Waals surface area contributed by atoms with Crippen molar-refractivity contribution in [1.82, 2.24) is 19.2 Å². The summed E-state index contributed by atoms with van der Waals surface area (Å²) in [6.07, 6.45) is 2.55. The molecule has 0 amide bonds. The van der Waals surface area contributed by atoms with Crippen LogP contribution in [0.2, 0.25) is 0 Å². The van der Waals surface area contributed by atoms with Gasteiger partial charge in [0, 0.05) is 22.4 Å². The van der Waals surface area contributed by atoms with Gasteiger partial charge in [0.25, 0.3) is 0 Å². The third-order valence-corrected chi connectivity index (χ3v) is 5.49. The van der Waals surface area contributed by atoms with Gasteiger partial charge in [-0.05, 0) is 56.2 Å². The highest BCUT2D eigenvalue weighted by Crippen LogP contribution is 2.35. The number of hydrogen-bond donors (Lipinski definition) is 1. The maximum absolute atomic E-state index is 12.7. The number of ether oxygens (including phenoxy) is 2. The second kappa shape index (κ2) is 7.58. The summed E-state index contributed by atoms with van der Waals surface area (Å²) >= 11 is 0. The lowest BCUT2D eigenvalue weighted by molar-refractivity contribution is 0.0542. The molecule has 3 aromatic heterocycles. The number of rotatable bonds is 2. The zero-order valence-electron chi connectivity index (χ0n) is 19.1. The van der Waals surface area contributed by atoms with Crippen LogP contribution >= 0.6 is 0 Å². The van der Waals surface area contributed by atoms with E-state index in [1.165, 1.54) is 22.5 Å². The molecule has 5 aromatic rings. The highest BCUT2D eigenvalue weighted by Gasteiger charge is 2.23. The first-order valence-electron chi connectivity index (χ1n) is 10.6. The monoisotopic (exact) mass is 458 g/mol. The van der Waals surface area contributed by atoms with Crippen LogP contribution in [0.4, 0.5) is 4.79 Å². The van der Waals surface area contributed by atoms with Crippen LogP contribution < -0.4 is 0 Å². The fraction of sp³-hybridized carbons (Fsp3) is 0.200. The molecule has 5 rings (SSSR count). The molecule has 0 unspecified atom stereocenters. The molecule has 0 radical (unpaired) electrons. The summed E-state index contributed by atoms with van der Waals surface area (Å²) in [7, 11) is 1.24. The van der Waals surface area contributed by atoms with Crippen molar-refractivity contribution < 1.29 is 24.2 Å². The predicted molar refractivity (Wildman–Crippen MR) is 126 cm³/mol.